The van der Waals surface area contributed by atoms with E-state index in [4.69, 9.17) is 4.74 Å². The molecule has 3 aromatic rings. The Kier molecular flexibility index (Phi) is 8.13. The molecule has 2 nitrogen and oxygen atoms in total. The second kappa shape index (κ2) is 11.1. The number of aryl methyl sites for hydroxylation is 1. The lowest BCUT2D eigenvalue weighted by atomic mass is 9.81. The van der Waals surface area contributed by atoms with Crippen molar-refractivity contribution in [1.29, 1.82) is 0 Å². The Balaban J connectivity index is 1.48. The molecule has 0 radical (unpaired) electrons. The Morgan fingerprint density at radius 3 is 2.32 bits per heavy atom. The summed E-state index contributed by atoms with van der Waals surface area (Å²) in [6.45, 7) is 8.10. The number of ether oxygens (including phenoxy) is 1. The van der Waals surface area contributed by atoms with Gasteiger partial charge in [0.15, 0.2) is 0 Å². The first-order valence-electron chi connectivity index (χ1n) is 12.2. The SMILES string of the molecule is CSc1ccc(C(C)(C)N2CC[C@@](CCc3ccc(F)cc3)(COCc3ccccc3)C2)cc1. The summed E-state index contributed by atoms with van der Waals surface area (Å²) in [6, 6.07) is 26.4. The largest absolute Gasteiger partial charge is 0.376 e. The van der Waals surface area contributed by atoms with Gasteiger partial charge in [-0.1, -0.05) is 54.6 Å². The molecule has 1 heterocycles. The zero-order chi connectivity index (χ0) is 24.0. The van der Waals surface area contributed by atoms with Crippen molar-refractivity contribution < 1.29 is 9.13 Å². The van der Waals surface area contributed by atoms with Crippen LogP contribution in [0.3, 0.4) is 0 Å². The van der Waals surface area contributed by atoms with Crippen LogP contribution in [0.25, 0.3) is 0 Å². The van der Waals surface area contributed by atoms with E-state index in [2.05, 4.69) is 73.5 Å². The van der Waals surface area contributed by atoms with Crippen LogP contribution in [0.4, 0.5) is 4.39 Å². The fraction of sp³-hybridized carbons (Fsp3) is 0.400. The third-order valence-electron chi connectivity index (χ3n) is 7.40. The zero-order valence-corrected chi connectivity index (χ0v) is 21.4. The molecule has 4 heteroatoms. The lowest BCUT2D eigenvalue weighted by molar-refractivity contribution is 0.0240. The molecule has 3 aromatic carbocycles. The highest BCUT2D eigenvalue weighted by molar-refractivity contribution is 7.98. The van der Waals surface area contributed by atoms with Crippen LogP contribution in [-0.2, 0) is 23.3 Å². The molecule has 1 aliphatic heterocycles. The number of thioether (sulfide) groups is 1. The molecule has 1 fully saturated rings. The molecule has 180 valence electrons. The zero-order valence-electron chi connectivity index (χ0n) is 20.6. The van der Waals surface area contributed by atoms with Gasteiger partial charge in [0.2, 0.25) is 0 Å². The maximum absolute atomic E-state index is 13.4. The van der Waals surface area contributed by atoms with Crippen LogP contribution in [0.2, 0.25) is 0 Å². The average molecular weight is 478 g/mol. The molecule has 0 N–H and O–H groups in total. The third-order valence-corrected chi connectivity index (χ3v) is 8.15. The van der Waals surface area contributed by atoms with Crippen molar-refractivity contribution in [2.24, 2.45) is 5.41 Å². The fourth-order valence-electron chi connectivity index (χ4n) is 5.01. The topological polar surface area (TPSA) is 12.5 Å². The smallest absolute Gasteiger partial charge is 0.123 e. The fourth-order valence-corrected chi connectivity index (χ4v) is 5.42. The van der Waals surface area contributed by atoms with Gasteiger partial charge in [-0.2, -0.15) is 0 Å². The van der Waals surface area contributed by atoms with Crippen molar-refractivity contribution in [3.8, 4) is 0 Å². The first-order valence-corrected chi connectivity index (χ1v) is 13.4. The van der Waals surface area contributed by atoms with E-state index in [9.17, 15) is 4.39 Å². The molecule has 0 bridgehead atoms. The maximum atomic E-state index is 13.4. The summed E-state index contributed by atoms with van der Waals surface area (Å²) in [5, 5.41) is 0. The molecular weight excluding hydrogens is 441 g/mol. The highest BCUT2D eigenvalue weighted by atomic mass is 32.2. The number of halogens is 1. The summed E-state index contributed by atoms with van der Waals surface area (Å²) in [7, 11) is 0. The second-order valence-electron chi connectivity index (χ2n) is 10.1. The standard InChI is InChI=1S/C30H36FNOS/c1-29(2,26-11-15-28(34-3)16-12-26)32-20-19-30(22-32,18-17-24-9-13-27(31)14-10-24)23-33-21-25-7-5-4-6-8-25/h4-16H,17-23H2,1-3H3/t30-/m1/s1. The van der Waals surface area contributed by atoms with E-state index in [1.165, 1.54) is 21.6 Å². The lowest BCUT2D eigenvalue weighted by Gasteiger charge is -2.38. The van der Waals surface area contributed by atoms with Gasteiger partial charge in [0, 0.05) is 22.4 Å². The molecule has 0 spiro atoms. The van der Waals surface area contributed by atoms with Gasteiger partial charge in [-0.3, -0.25) is 4.90 Å². The van der Waals surface area contributed by atoms with E-state index in [1.807, 2.05) is 18.2 Å². The van der Waals surface area contributed by atoms with Crippen molar-refractivity contribution >= 4 is 11.8 Å². The average Bonchev–Trinajstić information content (AvgIpc) is 3.30. The predicted molar refractivity (Wildman–Crippen MR) is 141 cm³/mol. The minimum absolute atomic E-state index is 0.0476. The second-order valence-corrected chi connectivity index (χ2v) is 10.9. The van der Waals surface area contributed by atoms with Gasteiger partial charge in [-0.05, 0) is 86.9 Å². The molecule has 34 heavy (non-hydrogen) atoms. The van der Waals surface area contributed by atoms with Crippen LogP contribution in [0, 0.1) is 11.2 Å². The molecule has 0 amide bonds. The highest BCUT2D eigenvalue weighted by Gasteiger charge is 2.43. The van der Waals surface area contributed by atoms with Crippen LogP contribution in [-0.4, -0.2) is 30.9 Å². The van der Waals surface area contributed by atoms with Crippen LogP contribution >= 0.6 is 11.8 Å². The van der Waals surface area contributed by atoms with Crippen LogP contribution in [0.5, 0.6) is 0 Å². The molecule has 1 atom stereocenters. The van der Waals surface area contributed by atoms with Gasteiger partial charge >= 0.3 is 0 Å². The molecule has 0 aromatic heterocycles. The molecule has 0 unspecified atom stereocenters. The van der Waals surface area contributed by atoms with E-state index in [1.54, 1.807) is 23.9 Å². The van der Waals surface area contributed by atoms with Gasteiger partial charge in [0.25, 0.3) is 0 Å². The number of hydrogen-bond donors (Lipinski definition) is 0. The van der Waals surface area contributed by atoms with E-state index >= 15 is 0 Å². The van der Waals surface area contributed by atoms with Crippen molar-refractivity contribution in [2.75, 3.05) is 26.0 Å². The van der Waals surface area contributed by atoms with Crippen molar-refractivity contribution in [3.63, 3.8) is 0 Å². The first-order chi connectivity index (χ1) is 16.4. The highest BCUT2D eigenvalue weighted by Crippen LogP contribution is 2.42. The quantitative estimate of drug-likeness (QED) is 0.284. The minimum Gasteiger partial charge on any atom is -0.376 e. The van der Waals surface area contributed by atoms with Gasteiger partial charge in [-0.15, -0.1) is 11.8 Å². The summed E-state index contributed by atoms with van der Waals surface area (Å²) in [6.07, 6.45) is 5.19. The minimum atomic E-state index is -0.175. The van der Waals surface area contributed by atoms with Crippen LogP contribution in [0.15, 0.2) is 83.8 Å². The van der Waals surface area contributed by atoms with Crippen LogP contribution in [0.1, 0.15) is 43.4 Å². The van der Waals surface area contributed by atoms with E-state index in [-0.39, 0.29) is 16.8 Å². The number of benzene rings is 3. The van der Waals surface area contributed by atoms with E-state index in [0.29, 0.717) is 6.61 Å². The van der Waals surface area contributed by atoms with Crippen molar-refractivity contribution in [3.05, 3.63) is 101 Å². The number of rotatable bonds is 10. The molecule has 1 aliphatic rings. The number of nitrogens with zero attached hydrogens (tertiary/aromatic N) is 1. The lowest BCUT2D eigenvalue weighted by Crippen LogP contribution is -2.42. The van der Waals surface area contributed by atoms with E-state index < -0.39 is 0 Å². The summed E-state index contributed by atoms with van der Waals surface area (Å²) >= 11 is 1.78. The number of hydrogen-bond acceptors (Lipinski definition) is 3. The Hall–Kier alpha value is -2.14. The molecular formula is C30H36FNOS. The Morgan fingerprint density at radius 2 is 1.65 bits per heavy atom. The maximum Gasteiger partial charge on any atom is 0.123 e. The monoisotopic (exact) mass is 477 g/mol. The predicted octanol–water partition coefficient (Wildman–Crippen LogP) is 7.32. The van der Waals surface area contributed by atoms with E-state index in [0.717, 1.165) is 39.0 Å². The summed E-state index contributed by atoms with van der Waals surface area (Å²) < 4.78 is 19.7. The van der Waals surface area contributed by atoms with Crippen molar-refractivity contribution in [1.82, 2.24) is 4.90 Å². The summed E-state index contributed by atoms with van der Waals surface area (Å²) in [4.78, 5) is 3.92. The molecule has 0 aliphatic carbocycles. The third kappa shape index (κ3) is 6.10. The molecule has 4 rings (SSSR count). The van der Waals surface area contributed by atoms with Gasteiger partial charge < -0.3 is 4.74 Å². The normalized spacial score (nSPS) is 18.9. The van der Waals surface area contributed by atoms with Crippen molar-refractivity contribution in [2.45, 2.75) is 50.2 Å². The summed E-state index contributed by atoms with van der Waals surface area (Å²) in [5.41, 5.74) is 3.78. The first kappa shape index (κ1) is 25.0. The Labute approximate surface area is 208 Å². The van der Waals surface area contributed by atoms with Gasteiger partial charge in [-0.25, -0.2) is 4.39 Å². The molecule has 0 saturated carbocycles. The Morgan fingerprint density at radius 1 is 0.941 bits per heavy atom. The Bertz CT molecular complexity index is 1040. The van der Waals surface area contributed by atoms with Gasteiger partial charge in [0.05, 0.1) is 13.2 Å². The molecule has 1 saturated heterocycles. The summed E-state index contributed by atoms with van der Waals surface area (Å²) in [5.74, 6) is -0.175. The number of likely N-dealkylation sites (tertiary alicyclic amines) is 1. The van der Waals surface area contributed by atoms with Crippen LogP contribution < -0.4 is 0 Å². The van der Waals surface area contributed by atoms with Gasteiger partial charge in [0.1, 0.15) is 5.82 Å².